The van der Waals surface area contributed by atoms with Crippen molar-refractivity contribution in [3.63, 3.8) is 0 Å². The fourth-order valence-corrected chi connectivity index (χ4v) is 1.97. The lowest BCUT2D eigenvalue weighted by Crippen LogP contribution is -2.12. The van der Waals surface area contributed by atoms with Crippen LogP contribution in [0.3, 0.4) is 0 Å². The van der Waals surface area contributed by atoms with Crippen LogP contribution in [0.5, 0.6) is 0 Å². The largest absolute Gasteiger partial charge is 0.477 e. The fraction of sp³-hybridized carbons (Fsp3) is 0.0909. The van der Waals surface area contributed by atoms with Crippen molar-refractivity contribution >= 4 is 28.3 Å². The average Bonchev–Trinajstić information content (AvgIpc) is 2.87. The van der Waals surface area contributed by atoms with Gasteiger partial charge in [-0.2, -0.15) is 13.2 Å². The number of aromatic nitrogens is 2. The van der Waals surface area contributed by atoms with Crippen LogP contribution < -0.4 is 5.32 Å². The lowest BCUT2D eigenvalue weighted by atomic mass is 10.2. The molecule has 1 amide bonds. The first-order valence-electron chi connectivity index (χ1n) is 5.31. The van der Waals surface area contributed by atoms with Gasteiger partial charge in [0.25, 0.3) is 5.91 Å². The highest BCUT2D eigenvalue weighted by Gasteiger charge is 2.33. The van der Waals surface area contributed by atoms with Gasteiger partial charge < -0.3 is 5.11 Å². The molecule has 0 saturated heterocycles. The summed E-state index contributed by atoms with van der Waals surface area (Å²) in [5, 5.41) is 10.6. The molecule has 2 rings (SSSR count). The number of carboxylic acid groups (broad SMARTS) is 1. The number of carboxylic acids is 1. The first kappa shape index (κ1) is 14.9. The van der Waals surface area contributed by atoms with Gasteiger partial charge in [0.2, 0.25) is 0 Å². The zero-order valence-electron chi connectivity index (χ0n) is 10.0. The SMILES string of the molecule is O=C(Nc1ncc(C(F)(F)F)s1)c1ccc(C(=O)O)nc1. The summed E-state index contributed by atoms with van der Waals surface area (Å²) in [6.45, 7) is 0. The highest BCUT2D eigenvalue weighted by atomic mass is 32.1. The highest BCUT2D eigenvalue weighted by Crippen LogP contribution is 2.35. The lowest BCUT2D eigenvalue weighted by Gasteiger charge is -2.02. The molecule has 0 fully saturated rings. The number of pyridine rings is 1. The number of rotatable bonds is 3. The Kier molecular flexibility index (Phi) is 3.89. The molecule has 0 unspecified atom stereocenters. The zero-order chi connectivity index (χ0) is 15.6. The number of amides is 1. The number of anilines is 1. The second-order valence-corrected chi connectivity index (χ2v) is 4.75. The molecule has 0 aliphatic rings. The maximum Gasteiger partial charge on any atom is 0.427 e. The maximum absolute atomic E-state index is 12.4. The Morgan fingerprint density at radius 2 is 1.90 bits per heavy atom. The number of aromatic carboxylic acids is 1. The molecule has 6 nitrogen and oxygen atoms in total. The molecule has 0 atom stereocenters. The van der Waals surface area contributed by atoms with Crippen LogP contribution in [0.25, 0.3) is 0 Å². The van der Waals surface area contributed by atoms with E-state index in [-0.39, 0.29) is 27.7 Å². The van der Waals surface area contributed by atoms with E-state index in [1.165, 1.54) is 6.07 Å². The molecule has 0 aromatic carbocycles. The van der Waals surface area contributed by atoms with E-state index in [1.54, 1.807) is 0 Å². The fourth-order valence-electron chi connectivity index (χ4n) is 1.29. The molecule has 0 aliphatic carbocycles. The summed E-state index contributed by atoms with van der Waals surface area (Å²) >= 11 is 0.288. The van der Waals surface area contributed by atoms with E-state index in [9.17, 15) is 22.8 Å². The minimum atomic E-state index is -4.52. The summed E-state index contributed by atoms with van der Waals surface area (Å²) in [6, 6.07) is 2.31. The summed E-state index contributed by atoms with van der Waals surface area (Å²) in [5.74, 6) is -1.99. The number of halogens is 3. The van der Waals surface area contributed by atoms with Crippen LogP contribution >= 0.6 is 11.3 Å². The Balaban J connectivity index is 2.11. The summed E-state index contributed by atoms with van der Waals surface area (Å²) < 4.78 is 37.1. The summed E-state index contributed by atoms with van der Waals surface area (Å²) in [7, 11) is 0. The molecule has 2 N–H and O–H groups in total. The quantitative estimate of drug-likeness (QED) is 0.907. The summed E-state index contributed by atoms with van der Waals surface area (Å²) in [5.41, 5.74) is -0.246. The standard InChI is InChI=1S/C11H6F3N3O3S/c12-11(13,14)7-4-16-10(21-7)17-8(18)5-1-2-6(9(19)20)15-3-5/h1-4H,(H,19,20)(H,16,17,18). The Labute approximate surface area is 119 Å². The number of hydrogen-bond donors (Lipinski definition) is 2. The van der Waals surface area contributed by atoms with Gasteiger partial charge in [-0.15, -0.1) is 0 Å². The second kappa shape index (κ2) is 5.48. The van der Waals surface area contributed by atoms with Crippen molar-refractivity contribution in [2.45, 2.75) is 6.18 Å². The molecule has 2 aromatic rings. The number of thiazole rings is 1. The molecule has 0 radical (unpaired) electrons. The van der Waals surface area contributed by atoms with Gasteiger partial charge in [0, 0.05) is 6.20 Å². The minimum absolute atomic E-state index is 0.00348. The van der Waals surface area contributed by atoms with Crippen LogP contribution in [0.2, 0.25) is 0 Å². The monoisotopic (exact) mass is 317 g/mol. The van der Waals surface area contributed by atoms with E-state index in [1.807, 2.05) is 0 Å². The van der Waals surface area contributed by atoms with Crippen molar-refractivity contribution in [2.75, 3.05) is 5.32 Å². The average molecular weight is 317 g/mol. The number of alkyl halides is 3. The Bertz CT molecular complexity index is 682. The zero-order valence-corrected chi connectivity index (χ0v) is 10.8. The smallest absolute Gasteiger partial charge is 0.427 e. The van der Waals surface area contributed by atoms with Gasteiger partial charge in [0.05, 0.1) is 11.8 Å². The van der Waals surface area contributed by atoms with E-state index in [2.05, 4.69) is 15.3 Å². The van der Waals surface area contributed by atoms with Crippen molar-refractivity contribution in [1.82, 2.24) is 9.97 Å². The number of carbonyl (C=O) groups is 2. The van der Waals surface area contributed by atoms with Gasteiger partial charge in [0.15, 0.2) is 5.13 Å². The van der Waals surface area contributed by atoms with Crippen molar-refractivity contribution in [3.8, 4) is 0 Å². The normalized spacial score (nSPS) is 11.2. The van der Waals surface area contributed by atoms with Gasteiger partial charge in [-0.1, -0.05) is 11.3 Å². The summed E-state index contributed by atoms with van der Waals surface area (Å²) in [6.07, 6.45) is -2.89. The van der Waals surface area contributed by atoms with Crippen molar-refractivity contribution in [2.24, 2.45) is 0 Å². The molecular weight excluding hydrogens is 311 g/mol. The van der Waals surface area contributed by atoms with Crippen LogP contribution in [-0.4, -0.2) is 27.0 Å². The Morgan fingerprint density at radius 1 is 1.19 bits per heavy atom. The topological polar surface area (TPSA) is 92.2 Å². The molecule has 2 heterocycles. The molecule has 0 aliphatic heterocycles. The molecule has 10 heteroatoms. The number of nitrogens with zero attached hydrogens (tertiary/aromatic N) is 2. The minimum Gasteiger partial charge on any atom is -0.477 e. The van der Waals surface area contributed by atoms with Crippen molar-refractivity contribution in [1.29, 1.82) is 0 Å². The van der Waals surface area contributed by atoms with Gasteiger partial charge in [-0.05, 0) is 12.1 Å². The number of hydrogen-bond acceptors (Lipinski definition) is 5. The van der Waals surface area contributed by atoms with E-state index >= 15 is 0 Å². The van der Waals surface area contributed by atoms with Gasteiger partial charge in [-0.25, -0.2) is 14.8 Å². The van der Waals surface area contributed by atoms with Crippen LogP contribution in [0, 0.1) is 0 Å². The van der Waals surface area contributed by atoms with Crippen molar-refractivity contribution < 1.29 is 27.9 Å². The third-order valence-electron chi connectivity index (χ3n) is 2.25. The van der Waals surface area contributed by atoms with Gasteiger partial charge in [-0.3, -0.25) is 10.1 Å². The van der Waals surface area contributed by atoms with E-state index in [0.29, 0.717) is 6.20 Å². The number of carbonyl (C=O) groups excluding carboxylic acids is 1. The Morgan fingerprint density at radius 3 is 2.38 bits per heavy atom. The molecular formula is C11H6F3N3O3S. The third-order valence-corrected chi connectivity index (χ3v) is 3.21. The van der Waals surface area contributed by atoms with Crippen LogP contribution in [0.15, 0.2) is 24.5 Å². The number of nitrogens with one attached hydrogen (secondary N) is 1. The van der Waals surface area contributed by atoms with Crippen LogP contribution in [0.4, 0.5) is 18.3 Å². The van der Waals surface area contributed by atoms with Crippen molar-refractivity contribution in [3.05, 3.63) is 40.7 Å². The summed E-state index contributed by atoms with van der Waals surface area (Å²) in [4.78, 5) is 28.4. The van der Waals surface area contributed by atoms with E-state index in [4.69, 9.17) is 5.11 Å². The second-order valence-electron chi connectivity index (χ2n) is 3.72. The first-order valence-corrected chi connectivity index (χ1v) is 6.13. The molecule has 0 saturated carbocycles. The molecule has 0 spiro atoms. The Hall–Kier alpha value is -2.49. The predicted octanol–water partition coefficient (Wildman–Crippen LogP) is 2.51. The van der Waals surface area contributed by atoms with Crippen LogP contribution in [-0.2, 0) is 6.18 Å². The van der Waals surface area contributed by atoms with E-state index in [0.717, 1.165) is 12.3 Å². The molecule has 2 aromatic heterocycles. The molecule has 110 valence electrons. The lowest BCUT2D eigenvalue weighted by molar-refractivity contribution is -0.134. The van der Waals surface area contributed by atoms with Gasteiger partial charge in [0.1, 0.15) is 10.6 Å². The third kappa shape index (κ3) is 3.54. The van der Waals surface area contributed by atoms with E-state index < -0.39 is 22.9 Å². The van der Waals surface area contributed by atoms with Gasteiger partial charge >= 0.3 is 12.1 Å². The maximum atomic E-state index is 12.4. The first-order chi connectivity index (χ1) is 9.77. The van der Waals surface area contributed by atoms with Crippen LogP contribution in [0.1, 0.15) is 25.7 Å². The molecule has 21 heavy (non-hydrogen) atoms. The molecule has 0 bridgehead atoms. The highest BCUT2D eigenvalue weighted by molar-refractivity contribution is 7.15. The predicted molar refractivity (Wildman–Crippen MR) is 66.3 cm³/mol.